The van der Waals surface area contributed by atoms with Gasteiger partial charge in [0.1, 0.15) is 5.56 Å². The summed E-state index contributed by atoms with van der Waals surface area (Å²) in [6, 6.07) is 1.02. The lowest BCUT2D eigenvalue weighted by molar-refractivity contribution is -0.386. The van der Waals surface area contributed by atoms with Crippen molar-refractivity contribution in [1.82, 2.24) is 0 Å². The fraction of sp³-hybridized carbons (Fsp3) is 0.300. The average molecular weight is 257 g/mol. The summed E-state index contributed by atoms with van der Waals surface area (Å²) in [6.07, 6.45) is 0. The Morgan fingerprint density at radius 2 is 1.94 bits per heavy atom. The van der Waals surface area contributed by atoms with Crippen molar-refractivity contribution < 1.29 is 29.0 Å². The van der Waals surface area contributed by atoms with E-state index in [0.717, 1.165) is 20.3 Å². The zero-order chi connectivity index (χ0) is 13.9. The van der Waals surface area contributed by atoms with Crippen molar-refractivity contribution in [2.24, 2.45) is 0 Å². The van der Waals surface area contributed by atoms with E-state index in [4.69, 9.17) is 9.47 Å². The minimum Gasteiger partial charge on any atom is -0.502 e. The van der Waals surface area contributed by atoms with E-state index in [2.05, 4.69) is 4.74 Å². The normalized spacial score (nSPS) is 9.72. The molecule has 0 aliphatic carbocycles. The van der Waals surface area contributed by atoms with Crippen LogP contribution in [-0.4, -0.2) is 37.3 Å². The van der Waals surface area contributed by atoms with Gasteiger partial charge in [-0.2, -0.15) is 0 Å². The first-order valence-corrected chi connectivity index (χ1v) is 4.68. The third-order valence-electron chi connectivity index (χ3n) is 2.21. The summed E-state index contributed by atoms with van der Waals surface area (Å²) in [5.74, 6) is -2.07. The maximum atomic E-state index is 11.5. The van der Waals surface area contributed by atoms with Gasteiger partial charge in [-0.1, -0.05) is 0 Å². The number of hydrogen-bond donors (Lipinski definition) is 1. The highest BCUT2D eigenvalue weighted by Gasteiger charge is 2.32. The van der Waals surface area contributed by atoms with Crippen LogP contribution < -0.4 is 9.47 Å². The van der Waals surface area contributed by atoms with Gasteiger partial charge in [0.25, 0.3) is 0 Å². The number of nitrogens with zero attached hydrogens (tertiary/aromatic N) is 1. The number of phenols is 1. The lowest BCUT2D eigenvalue weighted by atomic mass is 10.1. The molecule has 1 aromatic carbocycles. The molecule has 1 aromatic rings. The van der Waals surface area contributed by atoms with Crippen molar-refractivity contribution in [3.05, 3.63) is 21.7 Å². The van der Waals surface area contributed by atoms with Crippen LogP contribution in [-0.2, 0) is 4.74 Å². The maximum Gasteiger partial charge on any atom is 0.345 e. The maximum absolute atomic E-state index is 11.5. The van der Waals surface area contributed by atoms with Crippen LogP contribution in [0.2, 0.25) is 0 Å². The Morgan fingerprint density at radius 1 is 1.33 bits per heavy atom. The number of carbonyl (C=O) groups excluding carboxylic acids is 1. The molecule has 0 spiro atoms. The van der Waals surface area contributed by atoms with Crippen LogP contribution in [0.25, 0.3) is 0 Å². The summed E-state index contributed by atoms with van der Waals surface area (Å²) in [4.78, 5) is 21.6. The van der Waals surface area contributed by atoms with E-state index in [1.807, 2.05) is 0 Å². The molecule has 0 bridgehead atoms. The van der Waals surface area contributed by atoms with E-state index in [9.17, 15) is 20.0 Å². The number of esters is 1. The Kier molecular flexibility index (Phi) is 3.93. The van der Waals surface area contributed by atoms with Crippen molar-refractivity contribution >= 4 is 11.7 Å². The lowest BCUT2D eigenvalue weighted by Crippen LogP contribution is -2.08. The fourth-order valence-electron chi connectivity index (χ4n) is 1.41. The second-order valence-corrected chi connectivity index (χ2v) is 3.11. The molecule has 8 heteroatoms. The zero-order valence-electron chi connectivity index (χ0n) is 9.92. The van der Waals surface area contributed by atoms with E-state index < -0.39 is 28.1 Å². The predicted octanol–water partition coefficient (Wildman–Crippen LogP) is 1.10. The van der Waals surface area contributed by atoms with Gasteiger partial charge in [0.15, 0.2) is 5.75 Å². The molecule has 8 nitrogen and oxygen atoms in total. The second kappa shape index (κ2) is 5.21. The number of benzene rings is 1. The van der Waals surface area contributed by atoms with E-state index in [0.29, 0.717) is 0 Å². The van der Waals surface area contributed by atoms with E-state index in [1.165, 1.54) is 7.11 Å². The molecule has 0 aromatic heterocycles. The SMILES string of the molecule is COC(=O)c1cc(OC)c(O)c(OC)c1[N+](=O)[O-]. The molecule has 0 aliphatic heterocycles. The van der Waals surface area contributed by atoms with Crippen molar-refractivity contribution in [2.75, 3.05) is 21.3 Å². The van der Waals surface area contributed by atoms with Crippen LogP contribution >= 0.6 is 0 Å². The van der Waals surface area contributed by atoms with Crippen LogP contribution in [0.15, 0.2) is 6.07 Å². The highest BCUT2D eigenvalue weighted by molar-refractivity contribution is 5.96. The highest BCUT2D eigenvalue weighted by atomic mass is 16.6. The standard InChI is InChI=1S/C10H11NO7/c1-16-6-4-5(10(13)18-3)7(11(14)15)9(17-2)8(6)12/h4,12H,1-3H3. The molecule has 1 rings (SSSR count). The minimum absolute atomic E-state index is 0.127. The van der Waals surface area contributed by atoms with Gasteiger partial charge in [-0.25, -0.2) is 4.79 Å². The van der Waals surface area contributed by atoms with Crippen LogP contribution in [0.5, 0.6) is 17.2 Å². The van der Waals surface area contributed by atoms with Crippen LogP contribution in [0.1, 0.15) is 10.4 Å². The molecule has 0 saturated heterocycles. The predicted molar refractivity (Wildman–Crippen MR) is 59.2 cm³/mol. The topological polar surface area (TPSA) is 108 Å². The number of rotatable bonds is 4. The van der Waals surface area contributed by atoms with Gasteiger partial charge in [0, 0.05) is 6.07 Å². The van der Waals surface area contributed by atoms with E-state index in [-0.39, 0.29) is 11.3 Å². The van der Waals surface area contributed by atoms with Gasteiger partial charge < -0.3 is 19.3 Å². The number of hydrogen-bond acceptors (Lipinski definition) is 7. The summed E-state index contributed by atoms with van der Waals surface area (Å²) in [6.45, 7) is 0. The number of aromatic hydroxyl groups is 1. The number of ether oxygens (including phenoxy) is 3. The highest BCUT2D eigenvalue weighted by Crippen LogP contribution is 2.45. The van der Waals surface area contributed by atoms with E-state index in [1.54, 1.807) is 0 Å². The van der Waals surface area contributed by atoms with Gasteiger partial charge >= 0.3 is 11.7 Å². The molecule has 0 radical (unpaired) electrons. The summed E-state index contributed by atoms with van der Waals surface area (Å²) in [5.41, 5.74) is -1.04. The molecule has 0 saturated carbocycles. The largest absolute Gasteiger partial charge is 0.502 e. The Balaban J connectivity index is 3.67. The number of phenolic OH excluding ortho intramolecular Hbond substituents is 1. The molecular weight excluding hydrogens is 246 g/mol. The smallest absolute Gasteiger partial charge is 0.345 e. The van der Waals surface area contributed by atoms with Gasteiger partial charge in [0.2, 0.25) is 11.5 Å². The van der Waals surface area contributed by atoms with Crippen molar-refractivity contribution in [2.45, 2.75) is 0 Å². The average Bonchev–Trinajstić information content (AvgIpc) is 2.36. The lowest BCUT2D eigenvalue weighted by Gasteiger charge is -2.11. The monoisotopic (exact) mass is 257 g/mol. The molecule has 0 heterocycles. The molecule has 0 unspecified atom stereocenters. The third-order valence-corrected chi connectivity index (χ3v) is 2.21. The summed E-state index contributed by atoms with van der Waals surface area (Å²) in [5, 5.41) is 20.6. The first-order chi connectivity index (χ1) is 8.47. The quantitative estimate of drug-likeness (QED) is 0.488. The number of nitro groups is 1. The van der Waals surface area contributed by atoms with Crippen molar-refractivity contribution in [1.29, 1.82) is 0 Å². The molecule has 0 amide bonds. The van der Waals surface area contributed by atoms with Crippen molar-refractivity contribution in [3.8, 4) is 17.2 Å². The Morgan fingerprint density at radius 3 is 2.33 bits per heavy atom. The molecule has 0 aliphatic rings. The van der Waals surface area contributed by atoms with Gasteiger partial charge in [0.05, 0.1) is 26.3 Å². The molecule has 98 valence electrons. The Hall–Kier alpha value is -2.51. The summed E-state index contributed by atoms with van der Waals surface area (Å²) >= 11 is 0. The van der Waals surface area contributed by atoms with Crippen LogP contribution in [0.4, 0.5) is 5.69 Å². The molecule has 0 atom stereocenters. The Labute approximate surface area is 102 Å². The van der Waals surface area contributed by atoms with Gasteiger partial charge in [-0.3, -0.25) is 10.1 Å². The van der Waals surface area contributed by atoms with Crippen LogP contribution in [0, 0.1) is 10.1 Å². The van der Waals surface area contributed by atoms with Crippen LogP contribution in [0.3, 0.4) is 0 Å². The summed E-state index contributed by atoms with van der Waals surface area (Å²) < 4.78 is 14.0. The van der Waals surface area contributed by atoms with Crippen molar-refractivity contribution in [3.63, 3.8) is 0 Å². The molecule has 18 heavy (non-hydrogen) atoms. The van der Waals surface area contributed by atoms with Gasteiger partial charge in [-0.15, -0.1) is 0 Å². The minimum atomic E-state index is -0.932. The molecule has 1 N–H and O–H groups in total. The Bertz CT molecular complexity index is 497. The number of methoxy groups -OCH3 is 3. The zero-order valence-corrected chi connectivity index (χ0v) is 9.92. The second-order valence-electron chi connectivity index (χ2n) is 3.11. The fourth-order valence-corrected chi connectivity index (χ4v) is 1.41. The third kappa shape index (κ3) is 2.12. The molecule has 0 fully saturated rings. The first-order valence-electron chi connectivity index (χ1n) is 4.68. The van der Waals surface area contributed by atoms with E-state index >= 15 is 0 Å². The van der Waals surface area contributed by atoms with Gasteiger partial charge in [-0.05, 0) is 0 Å². The summed E-state index contributed by atoms with van der Waals surface area (Å²) in [7, 11) is 3.45. The number of nitro benzene ring substituents is 1. The number of carbonyl (C=O) groups is 1. The molecular formula is C10H11NO7. The first kappa shape index (κ1) is 13.6.